The Labute approximate surface area is 196 Å². The van der Waals surface area contributed by atoms with Gasteiger partial charge in [0, 0.05) is 24.8 Å². The van der Waals surface area contributed by atoms with Gasteiger partial charge in [0.25, 0.3) is 0 Å². The molecule has 2 aliphatic heterocycles. The summed E-state index contributed by atoms with van der Waals surface area (Å²) in [5.41, 5.74) is 1.89. The van der Waals surface area contributed by atoms with Gasteiger partial charge >= 0.3 is 5.97 Å². The van der Waals surface area contributed by atoms with E-state index < -0.39 is 17.6 Å². The fraction of sp³-hybridized carbons (Fsp3) is 0.654. The van der Waals surface area contributed by atoms with Gasteiger partial charge in [0.2, 0.25) is 11.8 Å². The molecule has 1 aromatic rings. The molecule has 2 heterocycles. The quantitative estimate of drug-likeness (QED) is 0.665. The van der Waals surface area contributed by atoms with Crippen molar-refractivity contribution < 1.29 is 23.9 Å². The van der Waals surface area contributed by atoms with Crippen LogP contribution in [0.5, 0.6) is 5.75 Å². The van der Waals surface area contributed by atoms with Crippen LogP contribution in [0.15, 0.2) is 18.2 Å². The zero-order valence-electron chi connectivity index (χ0n) is 20.3. The van der Waals surface area contributed by atoms with E-state index in [1.54, 1.807) is 7.11 Å². The van der Waals surface area contributed by atoms with Gasteiger partial charge in [0.15, 0.2) is 0 Å². The van der Waals surface area contributed by atoms with Crippen molar-refractivity contribution in [3.63, 3.8) is 0 Å². The summed E-state index contributed by atoms with van der Waals surface area (Å²) in [6.07, 6.45) is 3.40. The average molecular weight is 457 g/mol. The first-order valence-corrected chi connectivity index (χ1v) is 12.1. The van der Waals surface area contributed by atoms with Gasteiger partial charge in [-0.3, -0.25) is 9.59 Å². The van der Waals surface area contributed by atoms with Crippen molar-refractivity contribution in [1.82, 2.24) is 10.2 Å². The number of hydrogen-bond acceptors (Lipinski definition) is 5. The normalized spacial score (nSPS) is 29.1. The third kappa shape index (κ3) is 3.89. The molecule has 1 aliphatic carbocycles. The molecular formula is C26H36N2O5. The van der Waals surface area contributed by atoms with E-state index in [1.165, 1.54) is 12.7 Å². The van der Waals surface area contributed by atoms with Crippen molar-refractivity contribution in [1.29, 1.82) is 0 Å². The Balaban J connectivity index is 1.71. The first-order valence-electron chi connectivity index (χ1n) is 12.1. The Kier molecular flexibility index (Phi) is 6.43. The van der Waals surface area contributed by atoms with Crippen molar-refractivity contribution in [2.24, 2.45) is 23.7 Å². The summed E-state index contributed by atoms with van der Waals surface area (Å²) in [5.74, 6) is 0.219. The lowest BCUT2D eigenvalue weighted by atomic mass is 9.76. The SMILES string of the molecule is COC(=O)[C@H](CC(C)C)NC(=O)[C@@H]1[C@@H](C)C[C@@]23c4ccc(OC)cc4CCCN2C(=O)C[C@@H]13. The number of ether oxygens (including phenoxy) is 2. The van der Waals surface area contributed by atoms with Crippen molar-refractivity contribution in [3.05, 3.63) is 29.3 Å². The van der Waals surface area contributed by atoms with Gasteiger partial charge in [0.1, 0.15) is 11.8 Å². The minimum Gasteiger partial charge on any atom is -0.497 e. The van der Waals surface area contributed by atoms with Gasteiger partial charge in [-0.2, -0.15) is 0 Å². The Morgan fingerprint density at radius 2 is 2.03 bits per heavy atom. The third-order valence-corrected chi connectivity index (χ3v) is 7.89. The fourth-order valence-electron chi connectivity index (χ4n) is 6.66. The Morgan fingerprint density at radius 3 is 2.70 bits per heavy atom. The first-order chi connectivity index (χ1) is 15.7. The van der Waals surface area contributed by atoms with E-state index in [1.807, 2.05) is 24.8 Å². The third-order valence-electron chi connectivity index (χ3n) is 7.89. The van der Waals surface area contributed by atoms with E-state index in [-0.39, 0.29) is 35.5 Å². The molecule has 0 aromatic heterocycles. The van der Waals surface area contributed by atoms with Crippen molar-refractivity contribution in [2.75, 3.05) is 20.8 Å². The van der Waals surface area contributed by atoms with Gasteiger partial charge in [-0.1, -0.05) is 26.8 Å². The molecule has 2 amide bonds. The number of carbonyl (C=O) groups excluding carboxylic acids is 3. The maximum absolute atomic E-state index is 13.6. The van der Waals surface area contributed by atoms with Crippen LogP contribution in [0.4, 0.5) is 0 Å². The Hall–Kier alpha value is -2.57. The zero-order valence-corrected chi connectivity index (χ0v) is 20.3. The van der Waals surface area contributed by atoms with E-state index in [9.17, 15) is 14.4 Å². The number of nitrogens with one attached hydrogen (secondary N) is 1. The highest BCUT2D eigenvalue weighted by Crippen LogP contribution is 2.60. The summed E-state index contributed by atoms with van der Waals surface area (Å²) < 4.78 is 10.4. The fourth-order valence-corrected chi connectivity index (χ4v) is 6.66. The maximum Gasteiger partial charge on any atom is 0.328 e. The number of carbonyl (C=O) groups is 3. The van der Waals surface area contributed by atoms with Gasteiger partial charge < -0.3 is 19.7 Å². The number of hydrogen-bond donors (Lipinski definition) is 1. The van der Waals surface area contributed by atoms with Crippen molar-refractivity contribution in [2.45, 2.75) is 64.5 Å². The molecule has 3 aliphatic rings. The van der Waals surface area contributed by atoms with Crippen LogP contribution in [0.25, 0.3) is 0 Å². The van der Waals surface area contributed by atoms with E-state index in [4.69, 9.17) is 9.47 Å². The lowest BCUT2D eigenvalue weighted by molar-refractivity contribution is -0.146. The molecule has 2 fully saturated rings. The van der Waals surface area contributed by atoms with Crippen LogP contribution in [0.1, 0.15) is 57.6 Å². The summed E-state index contributed by atoms with van der Waals surface area (Å²) in [5, 5.41) is 2.99. The van der Waals surface area contributed by atoms with Crippen LogP contribution in [0.3, 0.4) is 0 Å². The minimum absolute atomic E-state index is 0.0796. The van der Waals surface area contributed by atoms with E-state index in [0.717, 1.165) is 30.6 Å². The Bertz CT molecular complexity index is 945. The number of esters is 1. The van der Waals surface area contributed by atoms with E-state index in [2.05, 4.69) is 24.4 Å². The predicted octanol–water partition coefficient (Wildman–Crippen LogP) is 3.05. The smallest absolute Gasteiger partial charge is 0.328 e. The number of rotatable bonds is 6. The maximum atomic E-state index is 13.6. The van der Waals surface area contributed by atoms with Crippen molar-refractivity contribution in [3.8, 4) is 5.75 Å². The lowest BCUT2D eigenvalue weighted by Crippen LogP contribution is -2.48. The summed E-state index contributed by atoms with van der Waals surface area (Å²) in [4.78, 5) is 41.2. The van der Waals surface area contributed by atoms with Gasteiger partial charge in [0.05, 0.1) is 19.8 Å². The summed E-state index contributed by atoms with van der Waals surface area (Å²) in [6.45, 7) is 6.83. The highest BCUT2D eigenvalue weighted by Gasteiger charge is 2.64. The molecule has 0 unspecified atom stereocenters. The molecule has 180 valence electrons. The molecule has 5 atom stereocenters. The summed E-state index contributed by atoms with van der Waals surface area (Å²) in [7, 11) is 3.01. The molecule has 1 N–H and O–H groups in total. The molecule has 1 spiro atoms. The molecule has 4 rings (SSSR count). The van der Waals surface area contributed by atoms with Gasteiger partial charge in [-0.15, -0.1) is 0 Å². The number of benzene rings is 1. The molecule has 0 radical (unpaired) electrons. The second-order valence-corrected chi connectivity index (χ2v) is 10.3. The molecule has 0 bridgehead atoms. The highest BCUT2D eigenvalue weighted by molar-refractivity contribution is 5.89. The van der Waals surface area contributed by atoms with Gasteiger partial charge in [-0.25, -0.2) is 4.79 Å². The van der Waals surface area contributed by atoms with Crippen LogP contribution in [-0.2, 0) is 31.1 Å². The number of fused-ring (bicyclic) bond motifs is 1. The van der Waals surface area contributed by atoms with Crippen LogP contribution >= 0.6 is 0 Å². The van der Waals surface area contributed by atoms with E-state index >= 15 is 0 Å². The van der Waals surface area contributed by atoms with Crippen LogP contribution in [0, 0.1) is 23.7 Å². The molecule has 1 saturated carbocycles. The highest BCUT2D eigenvalue weighted by atomic mass is 16.5. The zero-order chi connectivity index (χ0) is 23.9. The topological polar surface area (TPSA) is 84.9 Å². The number of nitrogens with zero attached hydrogens (tertiary/aromatic N) is 1. The predicted molar refractivity (Wildman–Crippen MR) is 123 cm³/mol. The van der Waals surface area contributed by atoms with Crippen LogP contribution in [-0.4, -0.2) is 49.5 Å². The molecule has 1 saturated heterocycles. The van der Waals surface area contributed by atoms with Crippen LogP contribution < -0.4 is 10.1 Å². The Morgan fingerprint density at radius 1 is 1.27 bits per heavy atom. The molecule has 33 heavy (non-hydrogen) atoms. The second kappa shape index (κ2) is 8.99. The largest absolute Gasteiger partial charge is 0.497 e. The lowest BCUT2D eigenvalue weighted by Gasteiger charge is -2.39. The van der Waals surface area contributed by atoms with Gasteiger partial charge in [-0.05, 0) is 60.8 Å². The van der Waals surface area contributed by atoms with E-state index in [0.29, 0.717) is 19.4 Å². The van der Waals surface area contributed by atoms with Crippen LogP contribution in [0.2, 0.25) is 0 Å². The first kappa shape index (κ1) is 23.6. The second-order valence-electron chi connectivity index (χ2n) is 10.3. The minimum atomic E-state index is -0.676. The molecule has 1 aromatic carbocycles. The average Bonchev–Trinajstić information content (AvgIpc) is 3.13. The number of methoxy groups -OCH3 is 2. The summed E-state index contributed by atoms with van der Waals surface area (Å²) in [6, 6.07) is 5.47. The molecule has 7 nitrogen and oxygen atoms in total. The summed E-state index contributed by atoms with van der Waals surface area (Å²) >= 11 is 0. The molecule has 7 heteroatoms. The molecular weight excluding hydrogens is 420 g/mol. The number of amides is 2. The number of aryl methyl sites for hydroxylation is 1. The van der Waals surface area contributed by atoms with Crippen molar-refractivity contribution >= 4 is 17.8 Å². The standard InChI is InChI=1S/C26H36N2O5/c1-15(2)11-21(25(31)33-5)27-24(30)23-16(3)14-26-19-9-8-18(32-4)12-17(19)7-6-10-28(26)22(29)13-20(23)26/h8-9,12,15-16,20-21,23H,6-7,10-11,13-14H2,1-5H3,(H,27,30)/t16-,20-,21-,23+,26-/m0/s1. The monoisotopic (exact) mass is 456 g/mol.